The van der Waals surface area contributed by atoms with Gasteiger partial charge in [0.15, 0.2) is 0 Å². The Bertz CT molecular complexity index is 187. The molecule has 2 nitrogen and oxygen atoms in total. The van der Waals surface area contributed by atoms with E-state index in [1.54, 1.807) is 0 Å². The molecule has 0 aliphatic carbocycles. The average Bonchev–Trinajstić information content (AvgIpc) is 2.14. The highest BCUT2D eigenvalue weighted by molar-refractivity contribution is 4.79. The lowest BCUT2D eigenvalue weighted by Crippen LogP contribution is -2.44. The number of ether oxygens (including phenoxy) is 1. The Labute approximate surface area is 101 Å². The molecule has 0 unspecified atom stereocenters. The average molecular weight is 227 g/mol. The zero-order valence-corrected chi connectivity index (χ0v) is 11.8. The van der Waals surface area contributed by atoms with E-state index < -0.39 is 0 Å². The van der Waals surface area contributed by atoms with Crippen LogP contribution < -0.4 is 0 Å². The van der Waals surface area contributed by atoms with E-state index in [1.165, 1.54) is 25.8 Å². The summed E-state index contributed by atoms with van der Waals surface area (Å²) in [5.74, 6) is 0. The molecule has 1 heterocycles. The second-order valence-corrected chi connectivity index (χ2v) is 6.18. The predicted molar refractivity (Wildman–Crippen MR) is 69.8 cm³/mol. The van der Waals surface area contributed by atoms with Crippen LogP contribution in [0.1, 0.15) is 60.3 Å². The van der Waals surface area contributed by atoms with Gasteiger partial charge in [-0.25, -0.2) is 0 Å². The van der Waals surface area contributed by atoms with Gasteiger partial charge in [-0.15, -0.1) is 0 Å². The van der Waals surface area contributed by atoms with Crippen molar-refractivity contribution in [3.05, 3.63) is 0 Å². The SMILES string of the molecule is C[C@@H]1CCC[C@@H](C)N1CCCOC(C)(C)C. The third kappa shape index (κ3) is 4.84. The molecule has 2 atom stereocenters. The van der Waals surface area contributed by atoms with E-state index in [1.807, 2.05) is 0 Å². The summed E-state index contributed by atoms with van der Waals surface area (Å²) >= 11 is 0. The summed E-state index contributed by atoms with van der Waals surface area (Å²) in [6, 6.07) is 1.52. The Balaban J connectivity index is 2.20. The molecule has 0 spiro atoms. The first kappa shape index (κ1) is 14.0. The summed E-state index contributed by atoms with van der Waals surface area (Å²) in [4.78, 5) is 2.65. The van der Waals surface area contributed by atoms with Gasteiger partial charge in [0.25, 0.3) is 0 Å². The van der Waals surface area contributed by atoms with Crippen LogP contribution in [0.5, 0.6) is 0 Å². The number of piperidine rings is 1. The van der Waals surface area contributed by atoms with Gasteiger partial charge in [0, 0.05) is 25.2 Å². The largest absolute Gasteiger partial charge is 0.376 e. The molecule has 16 heavy (non-hydrogen) atoms. The summed E-state index contributed by atoms with van der Waals surface area (Å²) in [5, 5.41) is 0. The van der Waals surface area contributed by atoms with Crippen LogP contribution in [0.2, 0.25) is 0 Å². The maximum absolute atomic E-state index is 5.76. The smallest absolute Gasteiger partial charge is 0.0598 e. The summed E-state index contributed by atoms with van der Waals surface area (Å²) in [5.41, 5.74) is 0.0130. The second-order valence-electron chi connectivity index (χ2n) is 6.18. The highest BCUT2D eigenvalue weighted by Gasteiger charge is 2.23. The Morgan fingerprint density at radius 3 is 2.19 bits per heavy atom. The third-order valence-electron chi connectivity index (χ3n) is 3.47. The molecule has 0 radical (unpaired) electrons. The summed E-state index contributed by atoms with van der Waals surface area (Å²) in [7, 11) is 0. The van der Waals surface area contributed by atoms with Crippen LogP contribution in [0, 0.1) is 0 Å². The summed E-state index contributed by atoms with van der Waals surface area (Å²) < 4.78 is 5.76. The van der Waals surface area contributed by atoms with Gasteiger partial charge >= 0.3 is 0 Å². The minimum atomic E-state index is 0.0130. The molecule has 1 saturated heterocycles. The van der Waals surface area contributed by atoms with Gasteiger partial charge in [0.2, 0.25) is 0 Å². The van der Waals surface area contributed by atoms with Crippen LogP contribution in [-0.4, -0.2) is 35.7 Å². The number of rotatable bonds is 4. The summed E-state index contributed by atoms with van der Waals surface area (Å²) in [6.07, 6.45) is 5.29. The minimum Gasteiger partial charge on any atom is -0.376 e. The van der Waals surface area contributed by atoms with Gasteiger partial charge in [-0.2, -0.15) is 0 Å². The number of nitrogens with zero attached hydrogens (tertiary/aromatic N) is 1. The van der Waals surface area contributed by atoms with Crippen LogP contribution in [0.3, 0.4) is 0 Å². The van der Waals surface area contributed by atoms with Crippen molar-refractivity contribution in [3.63, 3.8) is 0 Å². The normalized spacial score (nSPS) is 28.3. The first-order valence-electron chi connectivity index (χ1n) is 6.80. The quantitative estimate of drug-likeness (QED) is 0.682. The zero-order chi connectivity index (χ0) is 12.2. The van der Waals surface area contributed by atoms with Crippen molar-refractivity contribution >= 4 is 0 Å². The second kappa shape index (κ2) is 6.02. The molecule has 0 amide bonds. The fourth-order valence-corrected chi connectivity index (χ4v) is 2.54. The molecule has 0 aromatic heterocycles. The zero-order valence-electron chi connectivity index (χ0n) is 11.8. The van der Waals surface area contributed by atoms with E-state index >= 15 is 0 Å². The van der Waals surface area contributed by atoms with E-state index in [-0.39, 0.29) is 5.60 Å². The molecule has 96 valence electrons. The first-order chi connectivity index (χ1) is 7.40. The number of hydrogen-bond donors (Lipinski definition) is 0. The van der Waals surface area contributed by atoms with Crippen molar-refractivity contribution < 1.29 is 4.74 Å². The molecule has 0 bridgehead atoms. The molecule has 2 heteroatoms. The van der Waals surface area contributed by atoms with E-state index in [9.17, 15) is 0 Å². The predicted octanol–water partition coefficient (Wildman–Crippen LogP) is 3.45. The van der Waals surface area contributed by atoms with Crippen molar-refractivity contribution in [2.75, 3.05) is 13.2 Å². The van der Waals surface area contributed by atoms with Gasteiger partial charge in [0.1, 0.15) is 0 Å². The van der Waals surface area contributed by atoms with Crippen LogP contribution >= 0.6 is 0 Å². The van der Waals surface area contributed by atoms with Gasteiger partial charge in [0.05, 0.1) is 5.60 Å². The van der Waals surface area contributed by atoms with Gasteiger partial charge in [-0.1, -0.05) is 6.42 Å². The molecule has 1 aliphatic rings. The Morgan fingerprint density at radius 1 is 1.12 bits per heavy atom. The van der Waals surface area contributed by atoms with Gasteiger partial charge in [-0.05, 0) is 53.9 Å². The monoisotopic (exact) mass is 227 g/mol. The van der Waals surface area contributed by atoms with Crippen molar-refractivity contribution in [2.24, 2.45) is 0 Å². The third-order valence-corrected chi connectivity index (χ3v) is 3.47. The highest BCUT2D eigenvalue weighted by atomic mass is 16.5. The fraction of sp³-hybridized carbons (Fsp3) is 1.00. The van der Waals surface area contributed by atoms with Crippen LogP contribution in [0.4, 0.5) is 0 Å². The Kier molecular flexibility index (Phi) is 5.26. The highest BCUT2D eigenvalue weighted by Crippen LogP contribution is 2.22. The lowest BCUT2D eigenvalue weighted by atomic mass is 9.97. The van der Waals surface area contributed by atoms with Crippen LogP contribution in [0.25, 0.3) is 0 Å². The molecule has 0 N–H and O–H groups in total. The van der Waals surface area contributed by atoms with E-state index in [2.05, 4.69) is 39.5 Å². The number of likely N-dealkylation sites (tertiary alicyclic amines) is 1. The van der Waals surface area contributed by atoms with E-state index in [4.69, 9.17) is 4.74 Å². The van der Waals surface area contributed by atoms with Gasteiger partial charge in [-0.3, -0.25) is 4.90 Å². The molecule has 0 aromatic rings. The lowest BCUT2D eigenvalue weighted by molar-refractivity contribution is -0.0115. The van der Waals surface area contributed by atoms with Crippen molar-refractivity contribution in [2.45, 2.75) is 78.0 Å². The Hall–Kier alpha value is -0.0800. The van der Waals surface area contributed by atoms with Gasteiger partial charge < -0.3 is 4.74 Å². The van der Waals surface area contributed by atoms with Crippen LogP contribution in [0.15, 0.2) is 0 Å². The maximum Gasteiger partial charge on any atom is 0.0598 e. The van der Waals surface area contributed by atoms with E-state index in [0.717, 1.165) is 25.1 Å². The molecule has 1 fully saturated rings. The fourth-order valence-electron chi connectivity index (χ4n) is 2.54. The van der Waals surface area contributed by atoms with E-state index in [0.29, 0.717) is 0 Å². The lowest BCUT2D eigenvalue weighted by Gasteiger charge is -2.39. The van der Waals surface area contributed by atoms with Crippen molar-refractivity contribution in [1.29, 1.82) is 0 Å². The molecular weight excluding hydrogens is 198 g/mol. The topological polar surface area (TPSA) is 12.5 Å². The maximum atomic E-state index is 5.76. The molecule has 1 rings (SSSR count). The number of hydrogen-bond acceptors (Lipinski definition) is 2. The standard InChI is InChI=1S/C14H29NO/c1-12-8-6-9-13(2)15(12)10-7-11-16-14(3,4)5/h12-13H,6-11H2,1-5H3/t12-,13-/m1/s1. The molecule has 0 aromatic carbocycles. The van der Waals surface area contributed by atoms with Crippen LogP contribution in [-0.2, 0) is 4.74 Å². The van der Waals surface area contributed by atoms with Crippen molar-refractivity contribution in [1.82, 2.24) is 4.90 Å². The molecule has 1 aliphatic heterocycles. The van der Waals surface area contributed by atoms with Crippen molar-refractivity contribution in [3.8, 4) is 0 Å². The summed E-state index contributed by atoms with van der Waals surface area (Å²) in [6.45, 7) is 13.2. The first-order valence-corrected chi connectivity index (χ1v) is 6.80. The molecular formula is C14H29NO. The minimum absolute atomic E-state index is 0.0130. The molecule has 0 saturated carbocycles. The Morgan fingerprint density at radius 2 is 1.69 bits per heavy atom.